The quantitative estimate of drug-likeness (QED) is 0.851. The highest BCUT2D eigenvalue weighted by atomic mass is 32.1. The van der Waals surface area contributed by atoms with Gasteiger partial charge in [0.25, 0.3) is 0 Å². The molecule has 0 aromatic carbocycles. The molecule has 0 bridgehead atoms. The van der Waals surface area contributed by atoms with E-state index in [9.17, 15) is 5.11 Å². The summed E-state index contributed by atoms with van der Waals surface area (Å²) in [7, 11) is 0. The largest absolute Gasteiger partial charge is 0.387 e. The number of nitrogens with one attached hydrogen (secondary N) is 1. The van der Waals surface area contributed by atoms with E-state index >= 15 is 0 Å². The number of aliphatic hydroxyl groups excluding tert-OH is 1. The highest BCUT2D eigenvalue weighted by Gasteiger charge is 2.08. The van der Waals surface area contributed by atoms with Gasteiger partial charge in [-0.25, -0.2) is 4.98 Å². The first-order chi connectivity index (χ1) is 9.16. The predicted molar refractivity (Wildman–Crippen MR) is 77.1 cm³/mol. The SMILES string of the molecule is CC(C)c1ncc(CNCC(O)c2ccncc2)s1. The van der Waals surface area contributed by atoms with Crippen LogP contribution in [0.1, 0.15) is 41.3 Å². The third kappa shape index (κ3) is 4.09. The highest BCUT2D eigenvalue weighted by molar-refractivity contribution is 7.11. The van der Waals surface area contributed by atoms with E-state index in [1.165, 1.54) is 4.88 Å². The molecule has 2 aromatic rings. The molecule has 2 rings (SSSR count). The normalized spacial score (nSPS) is 12.8. The van der Waals surface area contributed by atoms with E-state index in [0.29, 0.717) is 12.5 Å². The molecule has 0 radical (unpaired) electrons. The van der Waals surface area contributed by atoms with Crippen molar-refractivity contribution in [2.45, 2.75) is 32.4 Å². The lowest BCUT2D eigenvalue weighted by molar-refractivity contribution is 0.174. The molecule has 0 amide bonds. The van der Waals surface area contributed by atoms with Crippen LogP contribution in [0.25, 0.3) is 0 Å². The van der Waals surface area contributed by atoms with E-state index in [0.717, 1.165) is 17.1 Å². The Kier molecular flexibility index (Phi) is 5.01. The monoisotopic (exact) mass is 277 g/mol. The summed E-state index contributed by atoms with van der Waals surface area (Å²) in [4.78, 5) is 9.52. The number of aromatic nitrogens is 2. The summed E-state index contributed by atoms with van der Waals surface area (Å²) in [5.74, 6) is 0.473. The molecule has 0 spiro atoms. The van der Waals surface area contributed by atoms with Crippen molar-refractivity contribution in [1.82, 2.24) is 15.3 Å². The van der Waals surface area contributed by atoms with E-state index in [2.05, 4.69) is 29.1 Å². The molecule has 0 aliphatic carbocycles. The molecule has 5 heteroatoms. The fourth-order valence-electron chi connectivity index (χ4n) is 1.71. The van der Waals surface area contributed by atoms with Gasteiger partial charge in [0.2, 0.25) is 0 Å². The van der Waals surface area contributed by atoms with Crippen LogP contribution in [-0.4, -0.2) is 21.6 Å². The topological polar surface area (TPSA) is 58.0 Å². The van der Waals surface area contributed by atoms with Gasteiger partial charge < -0.3 is 10.4 Å². The summed E-state index contributed by atoms with van der Waals surface area (Å²) in [6.45, 7) is 5.55. The van der Waals surface area contributed by atoms with Crippen molar-refractivity contribution in [2.75, 3.05) is 6.54 Å². The van der Waals surface area contributed by atoms with Gasteiger partial charge in [0.15, 0.2) is 0 Å². The van der Waals surface area contributed by atoms with Crippen LogP contribution in [0.3, 0.4) is 0 Å². The molecular formula is C14H19N3OS. The first kappa shape index (κ1) is 14.1. The summed E-state index contributed by atoms with van der Waals surface area (Å²) in [5.41, 5.74) is 0.884. The summed E-state index contributed by atoms with van der Waals surface area (Å²) < 4.78 is 0. The molecule has 1 unspecified atom stereocenters. The number of pyridine rings is 1. The van der Waals surface area contributed by atoms with Crippen LogP contribution in [0.15, 0.2) is 30.7 Å². The number of hydrogen-bond acceptors (Lipinski definition) is 5. The fraction of sp³-hybridized carbons (Fsp3) is 0.429. The Morgan fingerprint density at radius 2 is 2.05 bits per heavy atom. The van der Waals surface area contributed by atoms with Crippen molar-refractivity contribution < 1.29 is 5.11 Å². The summed E-state index contributed by atoms with van der Waals surface area (Å²) in [6, 6.07) is 3.66. The van der Waals surface area contributed by atoms with Crippen LogP contribution >= 0.6 is 11.3 Å². The van der Waals surface area contributed by atoms with Gasteiger partial charge in [-0.3, -0.25) is 4.98 Å². The van der Waals surface area contributed by atoms with E-state index in [1.54, 1.807) is 23.7 Å². The van der Waals surface area contributed by atoms with Gasteiger partial charge >= 0.3 is 0 Å². The van der Waals surface area contributed by atoms with Gasteiger partial charge in [0.05, 0.1) is 11.1 Å². The Morgan fingerprint density at radius 1 is 1.32 bits per heavy atom. The molecule has 0 fully saturated rings. The maximum atomic E-state index is 9.99. The van der Waals surface area contributed by atoms with Crippen molar-refractivity contribution in [1.29, 1.82) is 0 Å². The minimum Gasteiger partial charge on any atom is -0.387 e. The van der Waals surface area contributed by atoms with Crippen molar-refractivity contribution in [2.24, 2.45) is 0 Å². The first-order valence-electron chi connectivity index (χ1n) is 6.40. The molecule has 2 N–H and O–H groups in total. The zero-order valence-corrected chi connectivity index (χ0v) is 12.0. The number of aliphatic hydroxyl groups is 1. The molecule has 0 aliphatic rings. The Morgan fingerprint density at radius 3 is 2.68 bits per heavy atom. The number of rotatable bonds is 6. The Labute approximate surface area is 117 Å². The summed E-state index contributed by atoms with van der Waals surface area (Å²) in [6.07, 6.45) is 4.79. The van der Waals surface area contributed by atoms with Crippen molar-refractivity contribution >= 4 is 11.3 Å². The van der Waals surface area contributed by atoms with Crippen molar-refractivity contribution in [3.63, 3.8) is 0 Å². The molecular weight excluding hydrogens is 258 g/mol. The minimum absolute atomic E-state index is 0.473. The van der Waals surface area contributed by atoms with Crippen LogP contribution in [0.2, 0.25) is 0 Å². The molecule has 4 nitrogen and oxygen atoms in total. The van der Waals surface area contributed by atoms with E-state index < -0.39 is 6.10 Å². The fourth-order valence-corrected chi connectivity index (χ4v) is 2.60. The molecule has 102 valence electrons. The number of hydrogen-bond donors (Lipinski definition) is 2. The predicted octanol–water partition coefficient (Wildman–Crippen LogP) is 2.48. The third-order valence-corrected chi connectivity index (χ3v) is 4.09. The smallest absolute Gasteiger partial charge is 0.0953 e. The standard InChI is InChI=1S/C14H19N3OS/c1-10(2)14-17-8-12(19-14)7-16-9-13(18)11-3-5-15-6-4-11/h3-6,8,10,13,16,18H,7,9H2,1-2H3. The number of nitrogens with zero attached hydrogens (tertiary/aromatic N) is 2. The van der Waals surface area contributed by atoms with Crippen LogP contribution in [0.5, 0.6) is 0 Å². The molecule has 19 heavy (non-hydrogen) atoms. The molecule has 2 heterocycles. The Bertz CT molecular complexity index is 498. The second-order valence-corrected chi connectivity index (χ2v) is 5.89. The zero-order valence-electron chi connectivity index (χ0n) is 11.2. The van der Waals surface area contributed by atoms with E-state index in [1.807, 2.05) is 18.3 Å². The van der Waals surface area contributed by atoms with E-state index in [4.69, 9.17) is 0 Å². The van der Waals surface area contributed by atoms with Crippen LogP contribution < -0.4 is 5.32 Å². The molecule has 0 saturated heterocycles. The lowest BCUT2D eigenvalue weighted by atomic mass is 10.1. The first-order valence-corrected chi connectivity index (χ1v) is 7.21. The highest BCUT2D eigenvalue weighted by Crippen LogP contribution is 2.21. The van der Waals surface area contributed by atoms with Crippen molar-refractivity contribution in [3.05, 3.63) is 46.2 Å². The molecule has 0 saturated carbocycles. The van der Waals surface area contributed by atoms with Gasteiger partial charge in [-0.15, -0.1) is 11.3 Å². The Hall–Kier alpha value is -1.30. The lowest BCUT2D eigenvalue weighted by Crippen LogP contribution is -2.20. The molecule has 0 aliphatic heterocycles. The second kappa shape index (κ2) is 6.75. The van der Waals surface area contributed by atoms with Crippen molar-refractivity contribution in [3.8, 4) is 0 Å². The van der Waals surface area contributed by atoms with Crippen LogP contribution in [0, 0.1) is 0 Å². The minimum atomic E-state index is -0.500. The number of thiazole rings is 1. The maximum absolute atomic E-state index is 9.99. The third-order valence-electron chi connectivity index (χ3n) is 2.79. The summed E-state index contributed by atoms with van der Waals surface area (Å²) in [5, 5.41) is 14.4. The average Bonchev–Trinajstić information content (AvgIpc) is 2.89. The summed E-state index contributed by atoms with van der Waals surface area (Å²) >= 11 is 1.72. The van der Waals surface area contributed by atoms with Crippen LogP contribution in [-0.2, 0) is 6.54 Å². The van der Waals surface area contributed by atoms with Gasteiger partial charge in [0.1, 0.15) is 0 Å². The zero-order chi connectivity index (χ0) is 13.7. The second-order valence-electron chi connectivity index (χ2n) is 4.75. The molecule has 1 atom stereocenters. The van der Waals surface area contributed by atoms with E-state index in [-0.39, 0.29) is 0 Å². The lowest BCUT2D eigenvalue weighted by Gasteiger charge is -2.11. The Balaban J connectivity index is 1.80. The van der Waals surface area contributed by atoms with Gasteiger partial charge in [-0.2, -0.15) is 0 Å². The molecule has 2 aromatic heterocycles. The van der Waals surface area contributed by atoms with Gasteiger partial charge in [0, 0.05) is 42.5 Å². The van der Waals surface area contributed by atoms with Gasteiger partial charge in [-0.05, 0) is 17.7 Å². The maximum Gasteiger partial charge on any atom is 0.0953 e. The van der Waals surface area contributed by atoms with Gasteiger partial charge in [-0.1, -0.05) is 13.8 Å². The van der Waals surface area contributed by atoms with Crippen LogP contribution in [0.4, 0.5) is 0 Å². The average molecular weight is 277 g/mol.